The second-order valence-electron chi connectivity index (χ2n) is 3.28. The van der Waals surface area contributed by atoms with Gasteiger partial charge < -0.3 is 5.11 Å². The third-order valence-corrected chi connectivity index (χ3v) is 3.67. The summed E-state index contributed by atoms with van der Waals surface area (Å²) in [5.41, 5.74) is 0.321. The number of carboxylic acid groups (broad SMARTS) is 1. The first kappa shape index (κ1) is 12.6. The van der Waals surface area contributed by atoms with Gasteiger partial charge in [-0.05, 0) is 0 Å². The van der Waals surface area contributed by atoms with Crippen molar-refractivity contribution in [2.75, 3.05) is 11.5 Å². The molecular formula is C8H13N3O4S. The molecule has 1 N–H and O–H groups in total. The van der Waals surface area contributed by atoms with E-state index in [0.717, 1.165) is 0 Å². The van der Waals surface area contributed by atoms with E-state index >= 15 is 0 Å². The van der Waals surface area contributed by atoms with Crippen molar-refractivity contribution < 1.29 is 18.3 Å². The van der Waals surface area contributed by atoms with E-state index in [-0.39, 0.29) is 24.5 Å². The molecule has 0 aliphatic rings. The quantitative estimate of drug-likeness (QED) is 0.716. The van der Waals surface area contributed by atoms with E-state index in [1.54, 1.807) is 6.92 Å². The summed E-state index contributed by atoms with van der Waals surface area (Å²) in [6, 6.07) is 0. The van der Waals surface area contributed by atoms with Crippen molar-refractivity contribution in [1.29, 1.82) is 0 Å². The molecule has 1 rings (SSSR count). The summed E-state index contributed by atoms with van der Waals surface area (Å²) < 4.78 is 23.7. The molecule has 8 heteroatoms. The van der Waals surface area contributed by atoms with Crippen LogP contribution in [0.3, 0.4) is 0 Å². The zero-order chi connectivity index (χ0) is 12.2. The van der Waals surface area contributed by atoms with E-state index in [2.05, 4.69) is 10.3 Å². The predicted octanol–water partition coefficient (Wildman–Crippen LogP) is -0.660. The molecule has 0 radical (unpaired) electrons. The highest BCUT2D eigenvalue weighted by Crippen LogP contribution is 1.97. The van der Waals surface area contributed by atoms with Crippen LogP contribution in [-0.4, -0.2) is 46.0 Å². The Hall–Kier alpha value is -1.44. The van der Waals surface area contributed by atoms with Crippen LogP contribution in [0.4, 0.5) is 0 Å². The summed E-state index contributed by atoms with van der Waals surface area (Å²) in [6.45, 7) is 1.77. The zero-order valence-electron chi connectivity index (χ0n) is 8.83. The fraction of sp³-hybridized carbons (Fsp3) is 0.625. The van der Waals surface area contributed by atoms with Gasteiger partial charge in [-0.1, -0.05) is 12.1 Å². The monoisotopic (exact) mass is 247 g/mol. The van der Waals surface area contributed by atoms with Gasteiger partial charge in [0.1, 0.15) is 0 Å². The summed E-state index contributed by atoms with van der Waals surface area (Å²) in [5, 5.41) is 15.8. The summed E-state index contributed by atoms with van der Waals surface area (Å²) in [6.07, 6.45) is 1.24. The lowest BCUT2D eigenvalue weighted by molar-refractivity contribution is -0.136. The number of hydrogen-bond donors (Lipinski definition) is 1. The number of aliphatic carboxylic acids is 1. The number of hydrogen-bond acceptors (Lipinski definition) is 5. The first-order chi connectivity index (χ1) is 7.43. The standard InChI is InChI=1S/C8H13N3O4S/c1-2-16(14,15)4-3-11-6-7(9-10-11)5-8(12)13/h6H,2-5H2,1H3,(H,12,13). The first-order valence-corrected chi connectivity index (χ1v) is 6.56. The molecule has 0 aliphatic heterocycles. The maximum Gasteiger partial charge on any atom is 0.309 e. The minimum Gasteiger partial charge on any atom is -0.481 e. The van der Waals surface area contributed by atoms with Gasteiger partial charge in [0, 0.05) is 11.9 Å². The molecule has 1 aromatic rings. The Bertz CT molecular complexity index is 465. The van der Waals surface area contributed by atoms with Gasteiger partial charge in [-0.2, -0.15) is 0 Å². The van der Waals surface area contributed by atoms with Crippen LogP contribution in [0.15, 0.2) is 6.20 Å². The fourth-order valence-corrected chi connectivity index (χ4v) is 1.81. The Morgan fingerprint density at radius 3 is 2.81 bits per heavy atom. The molecule has 0 bridgehead atoms. The van der Waals surface area contributed by atoms with Crippen molar-refractivity contribution in [2.24, 2.45) is 0 Å². The molecule has 0 amide bonds. The van der Waals surface area contributed by atoms with Crippen molar-refractivity contribution in [2.45, 2.75) is 19.9 Å². The van der Waals surface area contributed by atoms with Crippen LogP contribution in [-0.2, 0) is 27.6 Å². The van der Waals surface area contributed by atoms with Crippen LogP contribution in [0.1, 0.15) is 12.6 Å². The molecular weight excluding hydrogens is 234 g/mol. The van der Waals surface area contributed by atoms with Crippen LogP contribution in [0, 0.1) is 0 Å². The zero-order valence-corrected chi connectivity index (χ0v) is 9.64. The van der Waals surface area contributed by atoms with Gasteiger partial charge in [-0.3, -0.25) is 9.48 Å². The second kappa shape index (κ2) is 5.06. The van der Waals surface area contributed by atoms with E-state index in [1.165, 1.54) is 10.9 Å². The van der Waals surface area contributed by atoms with E-state index in [4.69, 9.17) is 5.11 Å². The summed E-state index contributed by atoms with van der Waals surface area (Å²) in [4.78, 5) is 10.4. The molecule has 0 atom stereocenters. The average molecular weight is 247 g/mol. The second-order valence-corrected chi connectivity index (χ2v) is 5.75. The predicted molar refractivity (Wildman–Crippen MR) is 55.7 cm³/mol. The van der Waals surface area contributed by atoms with Crippen LogP contribution in [0.25, 0.3) is 0 Å². The molecule has 0 saturated heterocycles. The molecule has 90 valence electrons. The van der Waals surface area contributed by atoms with E-state index < -0.39 is 15.8 Å². The molecule has 1 heterocycles. The minimum atomic E-state index is -3.04. The molecule has 0 spiro atoms. The van der Waals surface area contributed by atoms with Crippen molar-refractivity contribution in [3.63, 3.8) is 0 Å². The number of carboxylic acids is 1. The molecule has 0 aliphatic carbocycles. The van der Waals surface area contributed by atoms with Crippen LogP contribution in [0.2, 0.25) is 0 Å². The Morgan fingerprint density at radius 1 is 1.56 bits per heavy atom. The minimum absolute atomic E-state index is 0.0145. The molecule has 0 aromatic carbocycles. The maximum atomic E-state index is 11.2. The topological polar surface area (TPSA) is 102 Å². The Balaban J connectivity index is 2.56. The molecule has 1 aromatic heterocycles. The van der Waals surface area contributed by atoms with Crippen LogP contribution >= 0.6 is 0 Å². The normalized spacial score (nSPS) is 11.6. The highest BCUT2D eigenvalue weighted by atomic mass is 32.2. The average Bonchev–Trinajstić information content (AvgIpc) is 2.62. The van der Waals surface area contributed by atoms with Gasteiger partial charge in [0.2, 0.25) is 0 Å². The molecule has 0 fully saturated rings. The van der Waals surface area contributed by atoms with Crippen molar-refractivity contribution >= 4 is 15.8 Å². The lowest BCUT2D eigenvalue weighted by Crippen LogP contribution is -2.15. The Labute approximate surface area is 93.0 Å². The lowest BCUT2D eigenvalue weighted by Gasteiger charge is -1.99. The Kier molecular flexibility index (Phi) is 3.99. The summed E-state index contributed by atoms with van der Waals surface area (Å²) >= 11 is 0. The van der Waals surface area contributed by atoms with Crippen molar-refractivity contribution in [3.05, 3.63) is 11.9 Å². The first-order valence-electron chi connectivity index (χ1n) is 4.74. The lowest BCUT2D eigenvalue weighted by atomic mass is 10.3. The van der Waals surface area contributed by atoms with Crippen LogP contribution in [0.5, 0.6) is 0 Å². The van der Waals surface area contributed by atoms with Crippen LogP contribution < -0.4 is 0 Å². The highest BCUT2D eigenvalue weighted by molar-refractivity contribution is 7.91. The van der Waals surface area contributed by atoms with E-state index in [1.807, 2.05) is 0 Å². The smallest absolute Gasteiger partial charge is 0.309 e. The van der Waals surface area contributed by atoms with Gasteiger partial charge >= 0.3 is 5.97 Å². The maximum absolute atomic E-state index is 11.2. The molecule has 7 nitrogen and oxygen atoms in total. The third kappa shape index (κ3) is 3.97. The summed E-state index contributed by atoms with van der Waals surface area (Å²) in [5.74, 6) is -0.920. The number of nitrogens with zero attached hydrogens (tertiary/aromatic N) is 3. The Morgan fingerprint density at radius 2 is 2.25 bits per heavy atom. The molecule has 0 unspecified atom stereocenters. The van der Waals surface area contributed by atoms with Gasteiger partial charge in [0.05, 0.1) is 24.4 Å². The van der Waals surface area contributed by atoms with E-state index in [0.29, 0.717) is 5.69 Å². The van der Waals surface area contributed by atoms with Gasteiger partial charge in [-0.15, -0.1) is 5.10 Å². The largest absolute Gasteiger partial charge is 0.481 e. The van der Waals surface area contributed by atoms with E-state index in [9.17, 15) is 13.2 Å². The summed E-state index contributed by atoms with van der Waals surface area (Å²) in [7, 11) is -3.04. The van der Waals surface area contributed by atoms with Gasteiger partial charge in [-0.25, -0.2) is 8.42 Å². The highest BCUT2D eigenvalue weighted by Gasteiger charge is 2.09. The van der Waals surface area contributed by atoms with Crippen molar-refractivity contribution in [1.82, 2.24) is 15.0 Å². The fourth-order valence-electron chi connectivity index (χ4n) is 1.06. The number of carbonyl (C=O) groups is 1. The number of aryl methyl sites for hydroxylation is 1. The molecule has 16 heavy (non-hydrogen) atoms. The van der Waals surface area contributed by atoms with Gasteiger partial charge in [0.25, 0.3) is 0 Å². The number of rotatable bonds is 6. The number of aromatic nitrogens is 3. The third-order valence-electron chi connectivity index (χ3n) is 1.99. The number of sulfone groups is 1. The van der Waals surface area contributed by atoms with Crippen molar-refractivity contribution in [3.8, 4) is 0 Å². The molecule has 0 saturated carbocycles. The van der Waals surface area contributed by atoms with Gasteiger partial charge in [0.15, 0.2) is 9.84 Å². The SMILES string of the molecule is CCS(=O)(=O)CCn1cc(CC(=O)O)nn1.